The number of nitrogens with zero attached hydrogens (tertiary/aromatic N) is 4. The normalized spacial score (nSPS) is 18.9. The Labute approximate surface area is 199 Å². The van der Waals surface area contributed by atoms with E-state index in [0.717, 1.165) is 66.8 Å². The van der Waals surface area contributed by atoms with Crippen molar-refractivity contribution in [3.8, 4) is 11.1 Å². The highest BCUT2D eigenvalue weighted by molar-refractivity contribution is 5.96. The molecule has 0 bridgehead atoms. The Kier molecular flexibility index (Phi) is 6.54. The Hall–Kier alpha value is -3.32. The average molecular weight is 460 g/mol. The number of anilines is 1. The quantitative estimate of drug-likeness (QED) is 0.592. The molecular formula is C27H30FN5O. The molecule has 0 spiro atoms. The van der Waals surface area contributed by atoms with Crippen LogP contribution in [-0.4, -0.2) is 45.3 Å². The standard InChI is InChI=1S/C27H30FN5O/c28-21-12-10-19(11-13-21)23-17-30-27(29)31-25(23)24-9-3-4-16-33(24)26(34)22-8-2-1-7-20(22)18-32-14-5-6-15-32/h1-2,7-8,10-13,17,24H,3-6,9,14-16,18H2,(H2,29,30,31)/t24-/m0/s1. The molecule has 176 valence electrons. The van der Waals surface area contributed by atoms with E-state index in [4.69, 9.17) is 5.73 Å². The second-order valence-electron chi connectivity index (χ2n) is 9.18. The molecule has 34 heavy (non-hydrogen) atoms. The van der Waals surface area contributed by atoms with E-state index in [-0.39, 0.29) is 23.7 Å². The van der Waals surface area contributed by atoms with Gasteiger partial charge in [0, 0.05) is 30.4 Å². The summed E-state index contributed by atoms with van der Waals surface area (Å²) in [5.41, 5.74) is 10.1. The number of benzene rings is 2. The zero-order chi connectivity index (χ0) is 23.5. The van der Waals surface area contributed by atoms with Gasteiger partial charge in [0.15, 0.2) is 0 Å². The number of hydrogen-bond donors (Lipinski definition) is 1. The predicted octanol–water partition coefficient (Wildman–Crippen LogP) is 4.83. The molecule has 0 aliphatic carbocycles. The summed E-state index contributed by atoms with van der Waals surface area (Å²) in [5, 5.41) is 0. The van der Waals surface area contributed by atoms with E-state index in [1.54, 1.807) is 18.3 Å². The van der Waals surface area contributed by atoms with Gasteiger partial charge in [-0.2, -0.15) is 0 Å². The van der Waals surface area contributed by atoms with E-state index in [1.807, 2.05) is 23.1 Å². The predicted molar refractivity (Wildman–Crippen MR) is 130 cm³/mol. The van der Waals surface area contributed by atoms with Gasteiger partial charge in [-0.3, -0.25) is 9.69 Å². The third-order valence-electron chi connectivity index (χ3n) is 6.91. The van der Waals surface area contributed by atoms with Gasteiger partial charge in [0.1, 0.15) is 5.82 Å². The summed E-state index contributed by atoms with van der Waals surface area (Å²) in [5.74, 6) is -0.0965. The molecule has 2 saturated heterocycles. The van der Waals surface area contributed by atoms with Crippen LogP contribution in [0.4, 0.5) is 10.3 Å². The van der Waals surface area contributed by atoms with Gasteiger partial charge >= 0.3 is 0 Å². The van der Waals surface area contributed by atoms with E-state index in [9.17, 15) is 9.18 Å². The smallest absolute Gasteiger partial charge is 0.254 e. The number of rotatable bonds is 5. The average Bonchev–Trinajstić information content (AvgIpc) is 3.38. The van der Waals surface area contributed by atoms with E-state index in [2.05, 4.69) is 20.9 Å². The second-order valence-corrected chi connectivity index (χ2v) is 9.18. The van der Waals surface area contributed by atoms with Gasteiger partial charge in [-0.05, 0) is 74.5 Å². The van der Waals surface area contributed by atoms with Crippen molar-refractivity contribution in [3.63, 3.8) is 0 Å². The highest BCUT2D eigenvalue weighted by Crippen LogP contribution is 2.37. The molecule has 0 saturated carbocycles. The fourth-order valence-corrected chi connectivity index (χ4v) is 5.18. The molecule has 1 amide bonds. The SMILES string of the molecule is Nc1ncc(-c2ccc(F)cc2)c([C@@H]2CCCCN2C(=O)c2ccccc2CN2CCCC2)n1. The summed E-state index contributed by atoms with van der Waals surface area (Å²) < 4.78 is 13.6. The second kappa shape index (κ2) is 9.89. The molecular weight excluding hydrogens is 429 g/mol. The maximum atomic E-state index is 13.9. The monoisotopic (exact) mass is 459 g/mol. The molecule has 2 aliphatic rings. The molecule has 7 heteroatoms. The Morgan fingerprint density at radius 1 is 1.00 bits per heavy atom. The van der Waals surface area contributed by atoms with Crippen LogP contribution in [0.25, 0.3) is 11.1 Å². The Balaban J connectivity index is 1.50. The van der Waals surface area contributed by atoms with Crippen molar-refractivity contribution < 1.29 is 9.18 Å². The van der Waals surface area contributed by atoms with Crippen LogP contribution in [0.3, 0.4) is 0 Å². The highest BCUT2D eigenvalue weighted by atomic mass is 19.1. The van der Waals surface area contributed by atoms with Gasteiger partial charge < -0.3 is 10.6 Å². The van der Waals surface area contributed by atoms with E-state index < -0.39 is 0 Å². The molecule has 2 fully saturated rings. The van der Waals surface area contributed by atoms with Crippen LogP contribution in [0, 0.1) is 5.82 Å². The number of amides is 1. The summed E-state index contributed by atoms with van der Waals surface area (Å²) >= 11 is 0. The van der Waals surface area contributed by atoms with Crippen molar-refractivity contribution in [2.24, 2.45) is 0 Å². The minimum Gasteiger partial charge on any atom is -0.368 e. The van der Waals surface area contributed by atoms with Crippen LogP contribution in [0.5, 0.6) is 0 Å². The first-order valence-corrected chi connectivity index (χ1v) is 12.1. The Bertz CT molecular complexity index is 1160. The molecule has 1 atom stereocenters. The van der Waals surface area contributed by atoms with Crippen molar-refractivity contribution in [2.45, 2.75) is 44.7 Å². The van der Waals surface area contributed by atoms with Crippen LogP contribution in [0.15, 0.2) is 54.7 Å². The maximum absolute atomic E-state index is 13.9. The lowest BCUT2D eigenvalue weighted by Crippen LogP contribution is -2.40. The van der Waals surface area contributed by atoms with E-state index >= 15 is 0 Å². The van der Waals surface area contributed by atoms with E-state index in [1.165, 1.54) is 25.0 Å². The van der Waals surface area contributed by atoms with Crippen molar-refractivity contribution in [3.05, 3.63) is 77.4 Å². The fourth-order valence-electron chi connectivity index (χ4n) is 5.18. The van der Waals surface area contributed by atoms with Gasteiger partial charge in [-0.25, -0.2) is 14.4 Å². The molecule has 2 aliphatic heterocycles. The van der Waals surface area contributed by atoms with Crippen molar-refractivity contribution in [2.75, 3.05) is 25.4 Å². The Morgan fingerprint density at radius 3 is 2.53 bits per heavy atom. The summed E-state index contributed by atoms with van der Waals surface area (Å²) in [6, 6.07) is 14.0. The van der Waals surface area contributed by atoms with Gasteiger partial charge in [0.2, 0.25) is 5.95 Å². The van der Waals surface area contributed by atoms with Crippen LogP contribution in [-0.2, 0) is 6.54 Å². The third kappa shape index (κ3) is 4.66. The molecule has 5 rings (SSSR count). The van der Waals surface area contributed by atoms with Gasteiger partial charge in [0.25, 0.3) is 5.91 Å². The lowest BCUT2D eigenvalue weighted by molar-refractivity contribution is 0.0604. The zero-order valence-corrected chi connectivity index (χ0v) is 19.3. The molecule has 2 aromatic carbocycles. The van der Waals surface area contributed by atoms with Crippen molar-refractivity contribution in [1.29, 1.82) is 0 Å². The van der Waals surface area contributed by atoms with Gasteiger partial charge in [0.05, 0.1) is 11.7 Å². The first kappa shape index (κ1) is 22.5. The number of nitrogen functional groups attached to an aromatic ring is 1. The summed E-state index contributed by atoms with van der Waals surface area (Å²) in [7, 11) is 0. The molecule has 3 heterocycles. The molecule has 0 radical (unpaired) electrons. The number of likely N-dealkylation sites (tertiary alicyclic amines) is 2. The number of carbonyl (C=O) groups is 1. The lowest BCUT2D eigenvalue weighted by Gasteiger charge is -2.37. The Morgan fingerprint density at radius 2 is 1.74 bits per heavy atom. The number of hydrogen-bond acceptors (Lipinski definition) is 5. The van der Waals surface area contributed by atoms with Crippen LogP contribution in [0.1, 0.15) is 59.8 Å². The first-order chi connectivity index (χ1) is 16.6. The fraction of sp³-hybridized carbons (Fsp3) is 0.370. The number of piperidine rings is 1. The number of nitrogens with two attached hydrogens (primary N) is 1. The zero-order valence-electron chi connectivity index (χ0n) is 19.3. The third-order valence-corrected chi connectivity index (χ3v) is 6.91. The summed E-state index contributed by atoms with van der Waals surface area (Å²) in [6.45, 7) is 3.61. The van der Waals surface area contributed by atoms with Gasteiger partial charge in [-0.15, -0.1) is 0 Å². The van der Waals surface area contributed by atoms with Crippen molar-refractivity contribution in [1.82, 2.24) is 19.8 Å². The van der Waals surface area contributed by atoms with E-state index in [0.29, 0.717) is 6.54 Å². The summed E-state index contributed by atoms with van der Waals surface area (Å²) in [6.07, 6.45) is 6.85. The molecule has 3 aromatic rings. The van der Waals surface area contributed by atoms with Crippen LogP contribution < -0.4 is 5.73 Å². The van der Waals surface area contributed by atoms with Crippen LogP contribution in [0.2, 0.25) is 0 Å². The largest absolute Gasteiger partial charge is 0.368 e. The summed E-state index contributed by atoms with van der Waals surface area (Å²) in [4.78, 5) is 27.1. The number of aromatic nitrogens is 2. The van der Waals surface area contributed by atoms with Crippen LogP contribution >= 0.6 is 0 Å². The topological polar surface area (TPSA) is 75.3 Å². The molecule has 0 unspecified atom stereocenters. The first-order valence-electron chi connectivity index (χ1n) is 12.1. The highest BCUT2D eigenvalue weighted by Gasteiger charge is 2.33. The maximum Gasteiger partial charge on any atom is 0.254 e. The number of carbonyl (C=O) groups excluding carboxylic acids is 1. The number of halogens is 1. The van der Waals surface area contributed by atoms with Gasteiger partial charge in [-0.1, -0.05) is 30.3 Å². The minimum atomic E-state index is -0.300. The molecule has 2 N–H and O–H groups in total. The van der Waals surface area contributed by atoms with Crippen molar-refractivity contribution >= 4 is 11.9 Å². The minimum absolute atomic E-state index is 0.0294. The lowest BCUT2D eigenvalue weighted by atomic mass is 9.92. The molecule has 1 aromatic heterocycles. The molecule has 6 nitrogen and oxygen atoms in total.